The van der Waals surface area contributed by atoms with E-state index in [1.54, 1.807) is 16.7 Å². The van der Waals surface area contributed by atoms with E-state index in [0.717, 1.165) is 6.42 Å². The first-order chi connectivity index (χ1) is 19.9. The van der Waals surface area contributed by atoms with Crippen molar-refractivity contribution in [2.24, 2.45) is 0 Å². The van der Waals surface area contributed by atoms with Gasteiger partial charge in [-0.15, -0.1) is 0 Å². The molecule has 1 spiro atoms. The maximum Gasteiger partial charge on any atom is 0.0726 e. The molecule has 10 aromatic rings. The zero-order chi connectivity index (χ0) is 25.5. The van der Waals surface area contributed by atoms with Gasteiger partial charge in [0, 0.05) is 0 Å². The quantitative estimate of drug-likeness (QED) is 0.155. The van der Waals surface area contributed by atoms with Gasteiger partial charge in [0.25, 0.3) is 0 Å². The summed E-state index contributed by atoms with van der Waals surface area (Å²) in [6, 6.07) is 39.4. The molecule has 0 saturated heterocycles. The fraction of sp³-hybridized carbons (Fsp3) is 0.0500. The number of hydrogen-bond donors (Lipinski definition) is 0. The lowest BCUT2D eigenvalue weighted by Crippen LogP contribution is -2.25. The molecule has 1 unspecified atom stereocenters. The maximum absolute atomic E-state index is 2.50. The third kappa shape index (κ3) is 1.71. The highest BCUT2D eigenvalue weighted by Gasteiger charge is 2.66. The van der Waals surface area contributed by atoms with Crippen LogP contribution in [0.2, 0.25) is 0 Å². The lowest BCUT2D eigenvalue weighted by Gasteiger charge is -2.34. The van der Waals surface area contributed by atoms with Crippen LogP contribution in [0.15, 0.2) is 109 Å². The van der Waals surface area contributed by atoms with Crippen molar-refractivity contribution in [3.8, 4) is 11.1 Å². The van der Waals surface area contributed by atoms with Crippen LogP contribution in [0.1, 0.15) is 27.8 Å². The highest BCUT2D eigenvalue weighted by atomic mass is 14.7. The summed E-state index contributed by atoms with van der Waals surface area (Å²) < 4.78 is 0. The second-order valence-electron chi connectivity index (χ2n) is 12.2. The summed E-state index contributed by atoms with van der Waals surface area (Å²) in [4.78, 5) is 0. The number of allylic oxidation sites excluding steroid dienone is 2. The van der Waals surface area contributed by atoms with Crippen molar-refractivity contribution in [3.63, 3.8) is 0 Å². The topological polar surface area (TPSA) is 0 Å². The Labute approximate surface area is 229 Å². The molecule has 0 nitrogen and oxygen atoms in total. The summed E-state index contributed by atoms with van der Waals surface area (Å²) in [5.74, 6) is 0. The highest BCUT2D eigenvalue weighted by molar-refractivity contribution is 6.54. The Morgan fingerprint density at radius 1 is 0.450 bits per heavy atom. The summed E-state index contributed by atoms with van der Waals surface area (Å²) in [7, 11) is 0. The van der Waals surface area contributed by atoms with Crippen LogP contribution in [0, 0.1) is 0 Å². The van der Waals surface area contributed by atoms with Gasteiger partial charge in [0.1, 0.15) is 0 Å². The van der Waals surface area contributed by atoms with Gasteiger partial charge in [-0.3, -0.25) is 0 Å². The van der Waals surface area contributed by atoms with Crippen LogP contribution >= 0.6 is 0 Å². The fourth-order valence-corrected chi connectivity index (χ4v) is 9.46. The molecule has 4 bridgehead atoms. The van der Waals surface area contributed by atoms with Crippen molar-refractivity contribution in [3.05, 3.63) is 137 Å². The smallest absolute Gasteiger partial charge is 0.0726 e. The minimum Gasteiger partial charge on any atom is -0.0747 e. The number of benzene rings is 9. The zero-order valence-electron chi connectivity index (χ0n) is 21.6. The fourth-order valence-electron chi connectivity index (χ4n) is 9.46. The average molecular weight is 501 g/mol. The van der Waals surface area contributed by atoms with Gasteiger partial charge < -0.3 is 0 Å². The van der Waals surface area contributed by atoms with Crippen molar-refractivity contribution in [1.82, 2.24) is 0 Å². The Kier molecular flexibility index (Phi) is 2.78. The van der Waals surface area contributed by atoms with Crippen molar-refractivity contribution in [1.29, 1.82) is 0 Å². The van der Waals surface area contributed by atoms with E-state index >= 15 is 0 Å². The van der Waals surface area contributed by atoms with Crippen LogP contribution in [-0.2, 0) is 11.8 Å². The Bertz CT molecular complexity index is 2660. The molecule has 13 rings (SSSR count). The predicted octanol–water partition coefficient (Wildman–Crippen LogP) is 10.2. The molecule has 0 heterocycles. The molecule has 0 amide bonds. The van der Waals surface area contributed by atoms with Gasteiger partial charge in [0.05, 0.1) is 5.41 Å². The molecule has 0 heteroatoms. The highest BCUT2D eigenvalue weighted by Crippen LogP contribution is 2.76. The molecule has 3 aliphatic rings. The van der Waals surface area contributed by atoms with Crippen molar-refractivity contribution in [2.75, 3.05) is 0 Å². The second-order valence-corrected chi connectivity index (χ2v) is 12.2. The molecule has 0 saturated carbocycles. The standard InChI is InChI=1S/C40H20/c1-3-9-22-21(8-1)19-29-26-15-14-25(35-33-23-10-4-5-11-24(23)34(36(26)35)37(29)32(22)33)27-16-17-28-31-18-13-20-7-2-6-12-30(20)40(31)38(27)39(28)40/h1-12,14-19H,13H2. The normalized spacial score (nSPS) is 18.6. The average Bonchev–Trinajstić information content (AvgIpc) is 3.53. The van der Waals surface area contributed by atoms with Gasteiger partial charge >= 0.3 is 0 Å². The maximum atomic E-state index is 2.50. The van der Waals surface area contributed by atoms with E-state index in [-0.39, 0.29) is 5.41 Å². The molecular weight excluding hydrogens is 480 g/mol. The molecule has 3 aliphatic carbocycles. The molecule has 0 radical (unpaired) electrons. The van der Waals surface area contributed by atoms with Crippen molar-refractivity contribution < 1.29 is 0 Å². The van der Waals surface area contributed by atoms with Crippen LogP contribution in [0.5, 0.6) is 0 Å². The molecular formula is C40H20. The van der Waals surface area contributed by atoms with Gasteiger partial charge in [-0.1, -0.05) is 103 Å². The molecule has 10 aromatic carbocycles. The second kappa shape index (κ2) is 5.81. The van der Waals surface area contributed by atoms with Crippen LogP contribution < -0.4 is 0 Å². The van der Waals surface area contributed by atoms with E-state index in [4.69, 9.17) is 0 Å². The van der Waals surface area contributed by atoms with E-state index in [0.29, 0.717) is 0 Å². The van der Waals surface area contributed by atoms with Gasteiger partial charge in [-0.25, -0.2) is 0 Å². The Hall–Kier alpha value is -4.94. The van der Waals surface area contributed by atoms with Crippen LogP contribution in [0.3, 0.4) is 0 Å². The lowest BCUT2D eigenvalue weighted by atomic mass is 9.67. The molecule has 0 aromatic heterocycles. The van der Waals surface area contributed by atoms with E-state index < -0.39 is 0 Å². The predicted molar refractivity (Wildman–Crippen MR) is 168 cm³/mol. The number of hydrogen-bond acceptors (Lipinski definition) is 0. The summed E-state index contributed by atoms with van der Waals surface area (Å²) in [6.45, 7) is 0. The van der Waals surface area contributed by atoms with E-state index in [1.807, 2.05) is 0 Å². The van der Waals surface area contributed by atoms with Gasteiger partial charge in [0.15, 0.2) is 0 Å². The first kappa shape index (κ1) is 19.2. The van der Waals surface area contributed by atoms with Gasteiger partial charge in [-0.2, -0.15) is 0 Å². The molecule has 0 aliphatic heterocycles. The third-order valence-electron chi connectivity index (χ3n) is 10.8. The monoisotopic (exact) mass is 500 g/mol. The SMILES string of the molecule is C1=C2c3ccc(-c4ccc5c6cc7ccccc7c7c8c9ccccc9c(c5c48)c67)c4c3C24c2ccccc2C1. The first-order valence-electron chi connectivity index (χ1n) is 14.4. The summed E-state index contributed by atoms with van der Waals surface area (Å²) >= 11 is 0. The minimum atomic E-state index is 0.0353. The molecule has 0 N–H and O–H groups in total. The van der Waals surface area contributed by atoms with Crippen molar-refractivity contribution >= 4 is 70.2 Å². The lowest BCUT2D eigenvalue weighted by molar-refractivity contribution is 0.885. The van der Waals surface area contributed by atoms with E-state index in [1.165, 1.54) is 92.5 Å². The number of fused-ring (bicyclic) bond motifs is 4. The van der Waals surface area contributed by atoms with Crippen LogP contribution in [-0.4, -0.2) is 0 Å². The van der Waals surface area contributed by atoms with E-state index in [2.05, 4.69) is 109 Å². The molecule has 40 heavy (non-hydrogen) atoms. The largest absolute Gasteiger partial charge is 0.0747 e. The van der Waals surface area contributed by atoms with Gasteiger partial charge in [-0.05, 0) is 122 Å². The van der Waals surface area contributed by atoms with Crippen molar-refractivity contribution in [2.45, 2.75) is 11.8 Å². The minimum absolute atomic E-state index is 0.0353. The van der Waals surface area contributed by atoms with E-state index in [9.17, 15) is 0 Å². The first-order valence-corrected chi connectivity index (χ1v) is 14.4. The summed E-state index contributed by atoms with van der Waals surface area (Å²) in [6.07, 6.45) is 3.55. The molecule has 1 atom stereocenters. The summed E-state index contributed by atoms with van der Waals surface area (Å²) in [5, 5.41) is 17.1. The molecule has 0 fully saturated rings. The third-order valence-corrected chi connectivity index (χ3v) is 10.8. The molecule has 180 valence electrons. The van der Waals surface area contributed by atoms with Crippen LogP contribution in [0.25, 0.3) is 81.3 Å². The zero-order valence-corrected chi connectivity index (χ0v) is 21.6. The Morgan fingerprint density at radius 3 is 1.93 bits per heavy atom. The Morgan fingerprint density at radius 2 is 1.05 bits per heavy atom. The number of rotatable bonds is 1. The summed E-state index contributed by atoms with van der Waals surface area (Å²) in [5.41, 5.74) is 12.1. The van der Waals surface area contributed by atoms with Crippen LogP contribution in [0.4, 0.5) is 0 Å². The van der Waals surface area contributed by atoms with Gasteiger partial charge in [0.2, 0.25) is 0 Å². The Balaban J connectivity index is 1.30.